The number of nitrogens with zero attached hydrogens (tertiary/aromatic N) is 2. The molecule has 0 saturated carbocycles. The van der Waals surface area contributed by atoms with Gasteiger partial charge in [-0.15, -0.1) is 0 Å². The average Bonchev–Trinajstić information content (AvgIpc) is 2.56. The standard InChI is InChI=1S/C16H12BrFN2O4/c1-2-24-16(21)12-8-11(20(22)23)9-19-15(12)6-4-10-3-5-14(18)13(17)7-10/h3-9H,2H2,1H3. The van der Waals surface area contributed by atoms with Crippen molar-refractivity contribution >= 4 is 39.7 Å². The molecule has 6 nitrogen and oxygen atoms in total. The number of pyridine rings is 1. The van der Waals surface area contributed by atoms with Gasteiger partial charge in [0.05, 0.1) is 27.3 Å². The van der Waals surface area contributed by atoms with Crippen molar-refractivity contribution in [3.05, 3.63) is 67.7 Å². The van der Waals surface area contributed by atoms with Crippen LogP contribution in [0.2, 0.25) is 0 Å². The first-order valence-corrected chi connectivity index (χ1v) is 7.66. The molecule has 0 bridgehead atoms. The van der Waals surface area contributed by atoms with E-state index in [0.29, 0.717) is 10.0 Å². The Kier molecular flexibility index (Phi) is 5.75. The molecule has 0 atom stereocenters. The number of benzene rings is 1. The van der Waals surface area contributed by atoms with E-state index in [4.69, 9.17) is 4.74 Å². The van der Waals surface area contributed by atoms with Crippen LogP contribution in [-0.4, -0.2) is 22.5 Å². The van der Waals surface area contributed by atoms with Gasteiger partial charge in [-0.25, -0.2) is 14.2 Å². The molecular formula is C16H12BrFN2O4. The maximum absolute atomic E-state index is 13.2. The molecule has 24 heavy (non-hydrogen) atoms. The lowest BCUT2D eigenvalue weighted by Gasteiger charge is -2.05. The van der Waals surface area contributed by atoms with Crippen LogP contribution in [0.4, 0.5) is 10.1 Å². The van der Waals surface area contributed by atoms with Gasteiger partial charge in [0.1, 0.15) is 12.0 Å². The molecule has 0 fully saturated rings. The Morgan fingerprint density at radius 2 is 2.17 bits per heavy atom. The second-order valence-electron chi connectivity index (χ2n) is 4.61. The lowest BCUT2D eigenvalue weighted by Crippen LogP contribution is -2.08. The minimum atomic E-state index is -0.700. The Bertz CT molecular complexity index is 824. The Balaban J connectivity index is 2.40. The first-order valence-electron chi connectivity index (χ1n) is 6.87. The summed E-state index contributed by atoms with van der Waals surface area (Å²) in [6, 6.07) is 5.51. The zero-order valence-corrected chi connectivity index (χ0v) is 14.1. The summed E-state index contributed by atoms with van der Waals surface area (Å²) < 4.78 is 18.4. The van der Waals surface area contributed by atoms with Gasteiger partial charge in [-0.1, -0.05) is 12.1 Å². The molecular weight excluding hydrogens is 383 g/mol. The van der Waals surface area contributed by atoms with E-state index in [1.165, 1.54) is 12.1 Å². The van der Waals surface area contributed by atoms with Crippen molar-refractivity contribution in [3.8, 4) is 0 Å². The molecule has 1 heterocycles. The number of carbonyl (C=O) groups excluding carboxylic acids is 1. The molecule has 0 aliphatic rings. The van der Waals surface area contributed by atoms with E-state index in [9.17, 15) is 19.3 Å². The minimum absolute atomic E-state index is 0.0107. The quantitative estimate of drug-likeness (QED) is 0.430. The summed E-state index contributed by atoms with van der Waals surface area (Å²) >= 11 is 3.08. The zero-order chi connectivity index (χ0) is 17.7. The highest BCUT2D eigenvalue weighted by Gasteiger charge is 2.17. The number of hydrogen-bond acceptors (Lipinski definition) is 5. The number of aromatic nitrogens is 1. The maximum atomic E-state index is 13.2. The van der Waals surface area contributed by atoms with Crippen molar-refractivity contribution in [3.63, 3.8) is 0 Å². The molecule has 0 aliphatic carbocycles. The highest BCUT2D eigenvalue weighted by Crippen LogP contribution is 2.21. The smallest absolute Gasteiger partial charge is 0.340 e. The number of ether oxygens (including phenoxy) is 1. The number of esters is 1. The number of rotatable bonds is 5. The van der Waals surface area contributed by atoms with Crippen molar-refractivity contribution in [1.29, 1.82) is 0 Å². The predicted octanol–water partition coefficient (Wildman–Crippen LogP) is 4.24. The van der Waals surface area contributed by atoms with E-state index in [2.05, 4.69) is 20.9 Å². The van der Waals surface area contributed by atoms with Crippen molar-refractivity contribution < 1.29 is 18.8 Å². The molecule has 0 radical (unpaired) electrons. The summed E-state index contributed by atoms with van der Waals surface area (Å²) in [5, 5.41) is 10.8. The molecule has 2 rings (SSSR count). The van der Waals surface area contributed by atoms with E-state index >= 15 is 0 Å². The van der Waals surface area contributed by atoms with Crippen molar-refractivity contribution in [1.82, 2.24) is 4.98 Å². The van der Waals surface area contributed by atoms with Crippen LogP contribution in [0.15, 0.2) is 34.9 Å². The summed E-state index contributed by atoms with van der Waals surface area (Å²) in [5.74, 6) is -1.10. The van der Waals surface area contributed by atoms with Crippen LogP contribution in [0.1, 0.15) is 28.5 Å². The normalized spacial score (nSPS) is 10.8. The van der Waals surface area contributed by atoms with Gasteiger partial charge in [0.25, 0.3) is 5.69 Å². The van der Waals surface area contributed by atoms with Crippen LogP contribution in [0.25, 0.3) is 12.2 Å². The number of carbonyl (C=O) groups is 1. The summed E-state index contributed by atoms with van der Waals surface area (Å²) in [5.41, 5.74) is 0.570. The maximum Gasteiger partial charge on any atom is 0.340 e. The molecule has 0 aliphatic heterocycles. The highest BCUT2D eigenvalue weighted by molar-refractivity contribution is 9.10. The molecule has 0 amide bonds. The predicted molar refractivity (Wildman–Crippen MR) is 89.9 cm³/mol. The van der Waals surface area contributed by atoms with Crippen LogP contribution >= 0.6 is 15.9 Å². The van der Waals surface area contributed by atoms with Crippen LogP contribution in [0, 0.1) is 15.9 Å². The van der Waals surface area contributed by atoms with Gasteiger partial charge in [-0.05, 0) is 46.6 Å². The third kappa shape index (κ3) is 4.23. The van der Waals surface area contributed by atoms with Crippen molar-refractivity contribution in [2.45, 2.75) is 6.92 Å². The Hall–Kier alpha value is -2.61. The average molecular weight is 395 g/mol. The van der Waals surface area contributed by atoms with Gasteiger partial charge < -0.3 is 4.74 Å². The van der Waals surface area contributed by atoms with Crippen LogP contribution in [0.5, 0.6) is 0 Å². The van der Waals surface area contributed by atoms with Crippen LogP contribution in [0.3, 0.4) is 0 Å². The van der Waals surface area contributed by atoms with Crippen LogP contribution < -0.4 is 0 Å². The monoisotopic (exact) mass is 394 g/mol. The van der Waals surface area contributed by atoms with Gasteiger partial charge in [-0.2, -0.15) is 0 Å². The summed E-state index contributed by atoms with van der Waals surface area (Å²) in [7, 11) is 0. The fourth-order valence-electron chi connectivity index (χ4n) is 1.86. The third-order valence-electron chi connectivity index (χ3n) is 2.99. The van der Waals surface area contributed by atoms with Gasteiger partial charge in [0, 0.05) is 6.07 Å². The Morgan fingerprint density at radius 1 is 1.42 bits per heavy atom. The topological polar surface area (TPSA) is 82.3 Å². The molecule has 8 heteroatoms. The third-order valence-corrected chi connectivity index (χ3v) is 3.60. The molecule has 1 aromatic carbocycles. The summed E-state index contributed by atoms with van der Waals surface area (Å²) in [6.45, 7) is 1.77. The first-order chi connectivity index (χ1) is 11.4. The van der Waals surface area contributed by atoms with Crippen LogP contribution in [-0.2, 0) is 4.74 Å². The van der Waals surface area contributed by atoms with E-state index < -0.39 is 16.7 Å². The largest absolute Gasteiger partial charge is 0.462 e. The van der Waals surface area contributed by atoms with E-state index in [-0.39, 0.29) is 23.6 Å². The van der Waals surface area contributed by atoms with Gasteiger partial charge in [-0.3, -0.25) is 10.1 Å². The molecule has 1 aromatic heterocycles. The first kappa shape index (κ1) is 17.7. The fraction of sp³-hybridized carbons (Fsp3) is 0.125. The summed E-state index contributed by atoms with van der Waals surface area (Å²) in [4.78, 5) is 26.1. The lowest BCUT2D eigenvalue weighted by atomic mass is 10.1. The number of hydrogen-bond donors (Lipinski definition) is 0. The van der Waals surface area contributed by atoms with E-state index in [0.717, 1.165) is 12.3 Å². The lowest BCUT2D eigenvalue weighted by molar-refractivity contribution is -0.385. The number of nitro groups is 1. The highest BCUT2D eigenvalue weighted by atomic mass is 79.9. The molecule has 0 saturated heterocycles. The molecule has 0 unspecified atom stereocenters. The van der Waals surface area contributed by atoms with Gasteiger partial charge in [0.2, 0.25) is 0 Å². The zero-order valence-electron chi connectivity index (χ0n) is 12.5. The second kappa shape index (κ2) is 7.78. The van der Waals surface area contributed by atoms with Gasteiger partial charge >= 0.3 is 5.97 Å². The van der Waals surface area contributed by atoms with Gasteiger partial charge in [0.15, 0.2) is 0 Å². The molecule has 0 spiro atoms. The van der Waals surface area contributed by atoms with E-state index in [1.807, 2.05) is 0 Å². The Labute approximate surface area is 145 Å². The fourth-order valence-corrected chi connectivity index (χ4v) is 2.26. The minimum Gasteiger partial charge on any atom is -0.462 e. The van der Waals surface area contributed by atoms with Crippen molar-refractivity contribution in [2.75, 3.05) is 6.61 Å². The second-order valence-corrected chi connectivity index (χ2v) is 5.47. The van der Waals surface area contributed by atoms with Crippen molar-refractivity contribution in [2.24, 2.45) is 0 Å². The number of halogens is 2. The SMILES string of the molecule is CCOC(=O)c1cc([N+](=O)[O-])cnc1C=Cc1ccc(F)c(Br)c1. The molecule has 0 N–H and O–H groups in total. The molecule has 124 valence electrons. The molecule has 2 aromatic rings. The Morgan fingerprint density at radius 3 is 2.79 bits per heavy atom. The summed E-state index contributed by atoms with van der Waals surface area (Å²) in [6.07, 6.45) is 4.18. The van der Waals surface area contributed by atoms with E-state index in [1.54, 1.807) is 25.1 Å².